The minimum atomic E-state index is -0.386. The molecule has 3 aromatic rings. The predicted octanol–water partition coefficient (Wildman–Crippen LogP) is 4.84. The van der Waals surface area contributed by atoms with Gasteiger partial charge < -0.3 is 10.1 Å². The molecule has 1 fully saturated rings. The van der Waals surface area contributed by atoms with Crippen LogP contribution < -0.4 is 10.1 Å². The maximum absolute atomic E-state index is 12.6. The number of carbonyl (C=O) groups is 4. The third kappa shape index (κ3) is 5.50. The molecule has 0 aliphatic carbocycles. The molecule has 7 nitrogen and oxygen atoms in total. The number of hydrogen-bond donors (Lipinski definition) is 1. The lowest BCUT2D eigenvalue weighted by molar-refractivity contribution is -0.138. The summed E-state index contributed by atoms with van der Waals surface area (Å²) in [5, 5.41) is 3.12. The average molecular weight is 477 g/mol. The monoisotopic (exact) mass is 476 g/mol. The second-order valence-electron chi connectivity index (χ2n) is 7.70. The van der Waals surface area contributed by atoms with Gasteiger partial charge in [0, 0.05) is 42.0 Å². The zero-order valence-electron chi connectivity index (χ0n) is 18.1. The van der Waals surface area contributed by atoms with E-state index in [2.05, 4.69) is 5.32 Å². The first kappa shape index (κ1) is 23.2. The van der Waals surface area contributed by atoms with E-state index in [9.17, 15) is 19.2 Å². The van der Waals surface area contributed by atoms with E-state index in [0.717, 1.165) is 4.90 Å². The Morgan fingerprint density at radius 1 is 0.882 bits per heavy atom. The van der Waals surface area contributed by atoms with Crippen molar-refractivity contribution in [2.45, 2.75) is 19.3 Å². The van der Waals surface area contributed by atoms with E-state index in [1.807, 2.05) is 18.2 Å². The average Bonchev–Trinajstić information content (AvgIpc) is 3.17. The van der Waals surface area contributed by atoms with Crippen molar-refractivity contribution < 1.29 is 23.9 Å². The van der Waals surface area contributed by atoms with Crippen molar-refractivity contribution in [3.05, 3.63) is 88.9 Å². The Balaban J connectivity index is 1.42. The number of halogens is 1. The van der Waals surface area contributed by atoms with Gasteiger partial charge in [0.2, 0.25) is 17.7 Å². The lowest BCUT2D eigenvalue weighted by Crippen LogP contribution is -2.32. The van der Waals surface area contributed by atoms with Crippen molar-refractivity contribution in [3.63, 3.8) is 0 Å². The van der Waals surface area contributed by atoms with E-state index < -0.39 is 0 Å². The Hall–Kier alpha value is -3.97. The van der Waals surface area contributed by atoms with Gasteiger partial charge in [0.05, 0.1) is 5.69 Å². The van der Waals surface area contributed by atoms with Crippen LogP contribution in [-0.4, -0.2) is 34.9 Å². The summed E-state index contributed by atoms with van der Waals surface area (Å²) in [5.74, 6) is -0.188. The molecule has 0 saturated carbocycles. The summed E-state index contributed by atoms with van der Waals surface area (Å²) in [6.45, 7) is 0.0250. The van der Waals surface area contributed by atoms with Crippen molar-refractivity contribution in [2.75, 3.05) is 11.9 Å². The third-order valence-corrected chi connectivity index (χ3v) is 5.55. The minimum absolute atomic E-state index is 0.0250. The third-order valence-electron chi connectivity index (χ3n) is 5.31. The molecule has 172 valence electrons. The second kappa shape index (κ2) is 10.3. The fourth-order valence-corrected chi connectivity index (χ4v) is 3.72. The number of imide groups is 1. The largest absolute Gasteiger partial charge is 0.455 e. The number of nitrogens with zero attached hydrogens (tertiary/aromatic N) is 1. The minimum Gasteiger partial charge on any atom is -0.455 e. The van der Waals surface area contributed by atoms with Gasteiger partial charge >= 0.3 is 0 Å². The maximum Gasteiger partial charge on any atom is 0.229 e. The van der Waals surface area contributed by atoms with E-state index in [1.54, 1.807) is 54.6 Å². The highest BCUT2D eigenvalue weighted by Gasteiger charge is 2.28. The molecule has 0 aromatic heterocycles. The smallest absolute Gasteiger partial charge is 0.229 e. The van der Waals surface area contributed by atoms with Crippen LogP contribution in [0.1, 0.15) is 35.2 Å². The van der Waals surface area contributed by atoms with Crippen molar-refractivity contribution in [3.8, 4) is 11.5 Å². The number of ether oxygens (including phenoxy) is 1. The van der Waals surface area contributed by atoms with Crippen LogP contribution >= 0.6 is 11.6 Å². The molecule has 3 aromatic carbocycles. The molecular weight excluding hydrogens is 456 g/mol. The quantitative estimate of drug-likeness (QED) is 0.371. The molecule has 1 aliphatic heterocycles. The number of likely N-dealkylation sites (tertiary alicyclic amines) is 1. The highest BCUT2D eigenvalue weighted by Crippen LogP contribution is 2.32. The topological polar surface area (TPSA) is 92.8 Å². The summed E-state index contributed by atoms with van der Waals surface area (Å²) in [7, 11) is 0. The maximum atomic E-state index is 12.6. The van der Waals surface area contributed by atoms with Gasteiger partial charge in [0.15, 0.2) is 11.5 Å². The Kier molecular flexibility index (Phi) is 7.04. The number of benzene rings is 3. The number of hydrogen-bond acceptors (Lipinski definition) is 5. The van der Waals surface area contributed by atoms with Crippen LogP contribution in [0.4, 0.5) is 5.69 Å². The number of ketones is 1. The zero-order chi connectivity index (χ0) is 24.1. The van der Waals surface area contributed by atoms with Gasteiger partial charge in [-0.2, -0.15) is 0 Å². The fourth-order valence-electron chi connectivity index (χ4n) is 3.54. The lowest BCUT2D eigenvalue weighted by Gasteiger charge is -2.15. The first-order chi connectivity index (χ1) is 16.4. The molecule has 8 heteroatoms. The highest BCUT2D eigenvalue weighted by atomic mass is 35.5. The molecule has 34 heavy (non-hydrogen) atoms. The van der Waals surface area contributed by atoms with Gasteiger partial charge in [-0.1, -0.05) is 41.9 Å². The summed E-state index contributed by atoms with van der Waals surface area (Å²) in [6, 6.07) is 20.4. The first-order valence-corrected chi connectivity index (χ1v) is 11.1. The Bertz CT molecular complexity index is 1230. The van der Waals surface area contributed by atoms with Crippen LogP contribution in [0.2, 0.25) is 5.02 Å². The van der Waals surface area contributed by atoms with Gasteiger partial charge in [-0.05, 0) is 42.5 Å². The summed E-state index contributed by atoms with van der Waals surface area (Å²) in [4.78, 5) is 49.6. The summed E-state index contributed by atoms with van der Waals surface area (Å²) in [5.41, 5.74) is 1.46. The summed E-state index contributed by atoms with van der Waals surface area (Å²) in [6.07, 6.45) is 0.324. The van der Waals surface area contributed by atoms with Crippen molar-refractivity contribution in [2.24, 2.45) is 0 Å². The Morgan fingerprint density at radius 2 is 1.53 bits per heavy atom. The number of nitrogens with one attached hydrogen (secondary N) is 1. The number of anilines is 1. The van der Waals surface area contributed by atoms with Gasteiger partial charge in [-0.25, -0.2) is 0 Å². The van der Waals surface area contributed by atoms with Crippen LogP contribution in [0, 0.1) is 0 Å². The molecule has 3 amide bonds. The van der Waals surface area contributed by atoms with E-state index in [4.69, 9.17) is 16.3 Å². The highest BCUT2D eigenvalue weighted by molar-refractivity contribution is 6.31. The van der Waals surface area contributed by atoms with Crippen LogP contribution in [0.15, 0.2) is 72.8 Å². The molecule has 1 heterocycles. The SMILES string of the molecule is O=C(CCN1C(=O)CCC1=O)Nc1cc(Cl)ccc1Oc1ccc(C(=O)c2ccccc2)cc1. The van der Waals surface area contributed by atoms with Gasteiger partial charge in [0.1, 0.15) is 5.75 Å². The van der Waals surface area contributed by atoms with E-state index in [0.29, 0.717) is 33.3 Å². The predicted molar refractivity (Wildman–Crippen MR) is 127 cm³/mol. The van der Waals surface area contributed by atoms with E-state index in [-0.39, 0.29) is 49.3 Å². The van der Waals surface area contributed by atoms with Crippen molar-refractivity contribution >= 4 is 40.8 Å². The molecule has 0 unspecified atom stereocenters. The number of carbonyl (C=O) groups excluding carboxylic acids is 4. The standard InChI is InChI=1S/C26H21ClN2O5/c27-19-8-11-22(21(16-19)28-23(30)14-15-29-24(31)12-13-25(29)32)34-20-9-6-18(7-10-20)26(33)17-4-2-1-3-5-17/h1-11,16H,12-15H2,(H,28,30). The lowest BCUT2D eigenvalue weighted by atomic mass is 10.0. The van der Waals surface area contributed by atoms with Gasteiger partial charge in [0.25, 0.3) is 0 Å². The molecule has 0 bridgehead atoms. The normalized spacial score (nSPS) is 13.1. The Morgan fingerprint density at radius 3 is 2.21 bits per heavy atom. The van der Waals surface area contributed by atoms with Crippen molar-refractivity contribution in [1.82, 2.24) is 4.90 Å². The molecule has 1 aliphatic rings. The molecule has 4 rings (SSSR count). The molecular formula is C26H21ClN2O5. The molecule has 0 atom stereocenters. The Labute approximate surface area is 201 Å². The summed E-state index contributed by atoms with van der Waals surface area (Å²) >= 11 is 6.09. The van der Waals surface area contributed by atoms with E-state index >= 15 is 0 Å². The van der Waals surface area contributed by atoms with E-state index in [1.165, 1.54) is 0 Å². The van der Waals surface area contributed by atoms with Gasteiger partial charge in [-0.3, -0.25) is 24.1 Å². The molecule has 0 spiro atoms. The summed E-state index contributed by atoms with van der Waals surface area (Å²) < 4.78 is 5.91. The van der Waals surface area contributed by atoms with Crippen LogP contribution in [0.5, 0.6) is 11.5 Å². The number of amides is 3. The zero-order valence-corrected chi connectivity index (χ0v) is 18.9. The fraction of sp³-hybridized carbons (Fsp3) is 0.154. The van der Waals surface area contributed by atoms with Crippen LogP contribution in [-0.2, 0) is 14.4 Å². The second-order valence-corrected chi connectivity index (χ2v) is 8.14. The number of rotatable bonds is 8. The molecule has 1 saturated heterocycles. The molecule has 0 radical (unpaired) electrons. The van der Waals surface area contributed by atoms with Crippen molar-refractivity contribution in [1.29, 1.82) is 0 Å². The van der Waals surface area contributed by atoms with Crippen LogP contribution in [0.3, 0.4) is 0 Å². The first-order valence-electron chi connectivity index (χ1n) is 10.7. The molecule has 1 N–H and O–H groups in total. The van der Waals surface area contributed by atoms with Gasteiger partial charge in [-0.15, -0.1) is 0 Å². The van der Waals surface area contributed by atoms with Crippen LogP contribution in [0.25, 0.3) is 0 Å².